The fourth-order valence-electron chi connectivity index (χ4n) is 1.96. The first-order valence-corrected chi connectivity index (χ1v) is 7.25. The highest BCUT2D eigenvalue weighted by Gasteiger charge is 2.11. The maximum atomic E-state index is 11.9. The summed E-state index contributed by atoms with van der Waals surface area (Å²) in [6.07, 6.45) is 2.04. The molecule has 5 nitrogen and oxygen atoms in total. The summed E-state index contributed by atoms with van der Waals surface area (Å²) in [7, 11) is 1.81. The molecular formula is C17H23Cl2N3O2. The molecule has 0 atom stereocenters. The van der Waals surface area contributed by atoms with E-state index in [4.69, 9.17) is 4.74 Å². The predicted octanol–water partition coefficient (Wildman–Crippen LogP) is 3.88. The van der Waals surface area contributed by atoms with E-state index in [2.05, 4.69) is 15.6 Å². The van der Waals surface area contributed by atoms with Crippen molar-refractivity contribution in [1.29, 1.82) is 0 Å². The van der Waals surface area contributed by atoms with Crippen molar-refractivity contribution >= 4 is 36.4 Å². The minimum atomic E-state index is -0.0758. The lowest BCUT2D eigenvalue weighted by Gasteiger charge is -2.13. The van der Waals surface area contributed by atoms with Gasteiger partial charge < -0.3 is 15.4 Å². The Morgan fingerprint density at radius 1 is 1.17 bits per heavy atom. The number of aromatic nitrogens is 1. The summed E-state index contributed by atoms with van der Waals surface area (Å²) >= 11 is 0. The van der Waals surface area contributed by atoms with Crippen molar-refractivity contribution in [3.05, 3.63) is 47.7 Å². The summed E-state index contributed by atoms with van der Waals surface area (Å²) in [4.78, 5) is 16.1. The van der Waals surface area contributed by atoms with E-state index in [9.17, 15) is 4.79 Å². The molecule has 0 fully saturated rings. The van der Waals surface area contributed by atoms with Gasteiger partial charge in [0.15, 0.2) is 0 Å². The van der Waals surface area contributed by atoms with Gasteiger partial charge in [0.05, 0.1) is 0 Å². The van der Waals surface area contributed by atoms with Crippen LogP contribution in [0.1, 0.15) is 17.5 Å². The van der Waals surface area contributed by atoms with Crippen LogP contribution in [0.4, 0.5) is 5.69 Å². The molecular weight excluding hydrogens is 349 g/mol. The van der Waals surface area contributed by atoms with Crippen molar-refractivity contribution < 1.29 is 9.53 Å². The van der Waals surface area contributed by atoms with Crippen molar-refractivity contribution in [3.8, 4) is 11.6 Å². The van der Waals surface area contributed by atoms with Gasteiger partial charge in [-0.25, -0.2) is 4.98 Å². The van der Waals surface area contributed by atoms with E-state index in [0.717, 1.165) is 16.9 Å². The van der Waals surface area contributed by atoms with Crippen LogP contribution in [-0.4, -0.2) is 24.5 Å². The Morgan fingerprint density at radius 2 is 1.92 bits per heavy atom. The number of rotatable bonds is 6. The summed E-state index contributed by atoms with van der Waals surface area (Å²) in [5.41, 5.74) is 2.78. The molecule has 1 heterocycles. The fourth-order valence-corrected chi connectivity index (χ4v) is 1.96. The first-order valence-electron chi connectivity index (χ1n) is 7.25. The zero-order valence-corrected chi connectivity index (χ0v) is 15.6. The highest BCUT2D eigenvalue weighted by atomic mass is 35.5. The third-order valence-corrected chi connectivity index (χ3v) is 3.41. The van der Waals surface area contributed by atoms with Gasteiger partial charge in [-0.1, -0.05) is 12.1 Å². The molecule has 7 heteroatoms. The van der Waals surface area contributed by atoms with Crippen LogP contribution < -0.4 is 15.4 Å². The van der Waals surface area contributed by atoms with E-state index in [-0.39, 0.29) is 30.7 Å². The lowest BCUT2D eigenvalue weighted by Crippen LogP contribution is -2.19. The number of pyridine rings is 1. The molecule has 0 radical (unpaired) electrons. The number of hydrogen-bond donors (Lipinski definition) is 2. The van der Waals surface area contributed by atoms with Crippen LogP contribution >= 0.6 is 24.8 Å². The van der Waals surface area contributed by atoms with Crippen molar-refractivity contribution in [3.63, 3.8) is 0 Å². The number of aryl methyl sites for hydroxylation is 1. The van der Waals surface area contributed by atoms with E-state index in [0.29, 0.717) is 24.5 Å². The zero-order chi connectivity index (χ0) is 15.9. The molecule has 0 saturated heterocycles. The number of ether oxygens (including phenoxy) is 1. The van der Waals surface area contributed by atoms with Gasteiger partial charge in [0.25, 0.3) is 0 Å². The van der Waals surface area contributed by atoms with Crippen LogP contribution in [0.3, 0.4) is 0 Å². The average Bonchev–Trinajstić information content (AvgIpc) is 2.51. The number of carbonyl (C=O) groups is 1. The minimum absolute atomic E-state index is 0. The maximum absolute atomic E-state index is 11.9. The van der Waals surface area contributed by atoms with Gasteiger partial charge in [-0.3, -0.25) is 4.79 Å². The van der Waals surface area contributed by atoms with Crippen LogP contribution in [0, 0.1) is 13.8 Å². The van der Waals surface area contributed by atoms with Crippen LogP contribution in [0.15, 0.2) is 36.5 Å². The van der Waals surface area contributed by atoms with E-state index in [1.807, 2.05) is 39.1 Å². The number of carbonyl (C=O) groups excluding carboxylic acids is 1. The summed E-state index contributed by atoms with van der Waals surface area (Å²) in [5.74, 6) is 1.06. The Balaban J connectivity index is 0.00000264. The average molecular weight is 372 g/mol. The largest absolute Gasteiger partial charge is 0.437 e. The molecule has 0 unspecified atom stereocenters. The highest BCUT2D eigenvalue weighted by molar-refractivity contribution is 5.92. The number of anilines is 1. The highest BCUT2D eigenvalue weighted by Crippen LogP contribution is 2.30. The fraction of sp³-hybridized carbons (Fsp3) is 0.294. The second-order valence-electron chi connectivity index (χ2n) is 5.06. The Morgan fingerprint density at radius 3 is 2.62 bits per heavy atom. The molecule has 24 heavy (non-hydrogen) atoms. The maximum Gasteiger partial charge on any atom is 0.243 e. The molecule has 0 aliphatic carbocycles. The number of hydrogen-bond acceptors (Lipinski definition) is 4. The van der Waals surface area contributed by atoms with E-state index in [1.54, 1.807) is 18.3 Å². The Labute approximate surface area is 155 Å². The van der Waals surface area contributed by atoms with Gasteiger partial charge >= 0.3 is 0 Å². The Hall–Kier alpha value is -1.82. The lowest BCUT2D eigenvalue weighted by atomic mass is 10.1. The number of halogens is 2. The van der Waals surface area contributed by atoms with E-state index in [1.165, 1.54) is 0 Å². The molecule has 132 valence electrons. The second kappa shape index (κ2) is 10.9. The molecule has 0 saturated carbocycles. The Kier molecular flexibility index (Phi) is 10.0. The topological polar surface area (TPSA) is 63.2 Å². The third kappa shape index (κ3) is 6.00. The first-order chi connectivity index (χ1) is 10.6. The summed E-state index contributed by atoms with van der Waals surface area (Å²) in [6, 6.07) is 9.41. The summed E-state index contributed by atoms with van der Waals surface area (Å²) in [6.45, 7) is 4.65. The Bertz CT molecular complexity index is 666. The quantitative estimate of drug-likeness (QED) is 0.808. The number of nitrogens with zero attached hydrogens (tertiary/aromatic N) is 1. The smallest absolute Gasteiger partial charge is 0.243 e. The predicted molar refractivity (Wildman–Crippen MR) is 102 cm³/mol. The van der Waals surface area contributed by atoms with Crippen LogP contribution in [0.5, 0.6) is 11.6 Å². The van der Waals surface area contributed by atoms with Gasteiger partial charge in [-0.15, -0.1) is 24.8 Å². The molecule has 1 aromatic heterocycles. The van der Waals surface area contributed by atoms with Crippen LogP contribution in [-0.2, 0) is 4.79 Å². The molecule has 1 aromatic carbocycles. The SMILES string of the molecule is CNCCC(=O)Nc1cccnc1Oc1cccc(C)c1C.Cl.Cl. The van der Waals surface area contributed by atoms with Gasteiger partial charge in [0, 0.05) is 19.2 Å². The van der Waals surface area contributed by atoms with Gasteiger partial charge in [0.1, 0.15) is 11.4 Å². The van der Waals surface area contributed by atoms with Crippen molar-refractivity contribution in [2.75, 3.05) is 18.9 Å². The zero-order valence-electron chi connectivity index (χ0n) is 14.0. The first kappa shape index (κ1) is 22.2. The molecule has 0 aliphatic heterocycles. The third-order valence-electron chi connectivity index (χ3n) is 3.41. The van der Waals surface area contributed by atoms with E-state index >= 15 is 0 Å². The monoisotopic (exact) mass is 371 g/mol. The standard InChI is InChI=1S/C17H21N3O2.2ClH/c1-12-6-4-8-15(13(12)2)22-17-14(7-5-10-19-17)20-16(21)9-11-18-3;;/h4-8,10,18H,9,11H2,1-3H3,(H,20,21);2*1H. The van der Waals surface area contributed by atoms with Crippen LogP contribution in [0.2, 0.25) is 0 Å². The summed E-state index contributed by atoms with van der Waals surface area (Å²) in [5, 5.41) is 5.78. The molecule has 0 spiro atoms. The minimum Gasteiger partial charge on any atom is -0.437 e. The molecule has 1 amide bonds. The lowest BCUT2D eigenvalue weighted by molar-refractivity contribution is -0.116. The second-order valence-corrected chi connectivity index (χ2v) is 5.06. The van der Waals surface area contributed by atoms with Gasteiger partial charge in [0.2, 0.25) is 11.8 Å². The van der Waals surface area contributed by atoms with Gasteiger partial charge in [-0.05, 0) is 50.2 Å². The molecule has 2 N–H and O–H groups in total. The molecule has 0 aliphatic rings. The normalized spacial score (nSPS) is 9.46. The van der Waals surface area contributed by atoms with Gasteiger partial charge in [-0.2, -0.15) is 0 Å². The van der Waals surface area contributed by atoms with Crippen molar-refractivity contribution in [1.82, 2.24) is 10.3 Å². The van der Waals surface area contributed by atoms with Crippen LogP contribution in [0.25, 0.3) is 0 Å². The van der Waals surface area contributed by atoms with Crippen molar-refractivity contribution in [2.45, 2.75) is 20.3 Å². The molecule has 2 aromatic rings. The molecule has 0 bridgehead atoms. The summed E-state index contributed by atoms with van der Waals surface area (Å²) < 4.78 is 5.89. The number of amides is 1. The number of benzene rings is 1. The molecule has 2 rings (SSSR count). The number of nitrogens with one attached hydrogen (secondary N) is 2. The van der Waals surface area contributed by atoms with Crippen molar-refractivity contribution in [2.24, 2.45) is 0 Å². The van der Waals surface area contributed by atoms with E-state index < -0.39 is 0 Å².